The van der Waals surface area contributed by atoms with Crippen molar-refractivity contribution in [2.75, 3.05) is 0 Å². The van der Waals surface area contributed by atoms with Gasteiger partial charge in [0.1, 0.15) is 0 Å². The SMILES string of the molecule is Cc1ccc(-c2csc(CC(=O)c3nc4ccccc4s3)c2C(=O)O)c(F)c1F. The normalized spacial score (nSPS) is 11.1. The van der Waals surface area contributed by atoms with E-state index in [0.717, 1.165) is 16.0 Å². The lowest BCUT2D eigenvalue weighted by Gasteiger charge is -2.07. The van der Waals surface area contributed by atoms with Crippen molar-refractivity contribution < 1.29 is 23.5 Å². The Labute approximate surface area is 172 Å². The van der Waals surface area contributed by atoms with Gasteiger partial charge < -0.3 is 5.11 Å². The molecule has 0 atom stereocenters. The van der Waals surface area contributed by atoms with E-state index in [1.807, 2.05) is 18.2 Å². The number of Topliss-reactive ketones (excluding diaryl/α,β-unsaturated/α-hetero) is 1. The number of benzene rings is 2. The Kier molecular flexibility index (Phi) is 4.97. The van der Waals surface area contributed by atoms with E-state index in [2.05, 4.69) is 4.98 Å². The van der Waals surface area contributed by atoms with Gasteiger partial charge in [-0.05, 0) is 30.0 Å². The van der Waals surface area contributed by atoms with Crippen molar-refractivity contribution >= 4 is 44.6 Å². The summed E-state index contributed by atoms with van der Waals surface area (Å²) in [7, 11) is 0. The van der Waals surface area contributed by atoms with Gasteiger partial charge in [-0.15, -0.1) is 22.7 Å². The minimum Gasteiger partial charge on any atom is -0.478 e. The van der Waals surface area contributed by atoms with Gasteiger partial charge >= 0.3 is 5.97 Å². The van der Waals surface area contributed by atoms with E-state index in [1.165, 1.54) is 35.8 Å². The molecule has 2 heterocycles. The standard InChI is InChI=1S/C21H13F2NO3S2/c1-10-6-7-11(19(23)18(10)22)12-9-28-16(17(12)21(26)27)8-14(25)20-24-13-4-2-3-5-15(13)29-20/h2-7,9H,8H2,1H3,(H,26,27). The van der Waals surface area contributed by atoms with Crippen LogP contribution < -0.4 is 0 Å². The zero-order valence-corrected chi connectivity index (χ0v) is 16.7. The minimum atomic E-state index is -1.30. The molecular weight excluding hydrogens is 416 g/mol. The van der Waals surface area contributed by atoms with Crippen molar-refractivity contribution in [2.24, 2.45) is 0 Å². The summed E-state index contributed by atoms with van der Waals surface area (Å²) in [6.45, 7) is 1.43. The Balaban J connectivity index is 1.73. The van der Waals surface area contributed by atoms with Crippen LogP contribution in [0.5, 0.6) is 0 Å². The third-order valence-corrected chi connectivity index (χ3v) is 6.56. The molecule has 0 fully saturated rings. The predicted octanol–water partition coefficient (Wildman–Crippen LogP) is 5.74. The van der Waals surface area contributed by atoms with Crippen LogP contribution in [0.3, 0.4) is 0 Å². The number of halogens is 2. The number of aryl methyl sites for hydroxylation is 1. The van der Waals surface area contributed by atoms with Crippen LogP contribution in [-0.2, 0) is 6.42 Å². The number of carboxylic acid groups (broad SMARTS) is 1. The molecule has 1 N–H and O–H groups in total. The monoisotopic (exact) mass is 429 g/mol. The van der Waals surface area contributed by atoms with E-state index in [1.54, 1.807) is 6.07 Å². The molecule has 0 spiro atoms. The number of carbonyl (C=O) groups is 2. The second kappa shape index (κ2) is 7.46. The van der Waals surface area contributed by atoms with Crippen LogP contribution in [0.2, 0.25) is 0 Å². The number of fused-ring (bicyclic) bond motifs is 1. The molecule has 0 aliphatic heterocycles. The molecule has 4 rings (SSSR count). The molecule has 0 radical (unpaired) electrons. The summed E-state index contributed by atoms with van der Waals surface area (Å²) in [5, 5.41) is 11.4. The Morgan fingerprint density at radius 2 is 1.83 bits per heavy atom. The van der Waals surface area contributed by atoms with Crippen LogP contribution in [0.4, 0.5) is 8.78 Å². The fraction of sp³-hybridized carbons (Fsp3) is 0.0952. The van der Waals surface area contributed by atoms with Crippen molar-refractivity contribution in [1.29, 1.82) is 0 Å². The number of aromatic nitrogens is 1. The van der Waals surface area contributed by atoms with Crippen LogP contribution in [-0.4, -0.2) is 21.8 Å². The highest BCUT2D eigenvalue weighted by Gasteiger charge is 2.25. The van der Waals surface area contributed by atoms with Crippen molar-refractivity contribution in [3.8, 4) is 11.1 Å². The van der Waals surface area contributed by atoms with Gasteiger partial charge in [0.05, 0.1) is 15.8 Å². The molecule has 0 amide bonds. The summed E-state index contributed by atoms with van der Waals surface area (Å²) in [5.74, 6) is -3.74. The number of carboxylic acids is 1. The average Bonchev–Trinajstić information content (AvgIpc) is 3.30. The van der Waals surface area contributed by atoms with E-state index in [4.69, 9.17) is 0 Å². The lowest BCUT2D eigenvalue weighted by Crippen LogP contribution is -2.07. The highest BCUT2D eigenvalue weighted by Crippen LogP contribution is 2.35. The number of carbonyl (C=O) groups excluding carboxylic acids is 1. The summed E-state index contributed by atoms with van der Waals surface area (Å²) >= 11 is 2.27. The Hall–Kier alpha value is -2.97. The molecule has 29 heavy (non-hydrogen) atoms. The summed E-state index contributed by atoms with van der Waals surface area (Å²) in [6, 6.07) is 10.1. The summed E-state index contributed by atoms with van der Waals surface area (Å²) in [6.07, 6.45) is -0.178. The van der Waals surface area contributed by atoms with E-state index in [0.29, 0.717) is 5.52 Å². The molecule has 8 heteroatoms. The first-order chi connectivity index (χ1) is 13.9. The van der Waals surface area contributed by atoms with Crippen LogP contribution in [0.1, 0.15) is 30.6 Å². The highest BCUT2D eigenvalue weighted by molar-refractivity contribution is 7.20. The van der Waals surface area contributed by atoms with Crippen molar-refractivity contribution in [3.05, 3.63) is 74.4 Å². The Bertz CT molecular complexity index is 1240. The van der Waals surface area contributed by atoms with Crippen molar-refractivity contribution in [2.45, 2.75) is 13.3 Å². The van der Waals surface area contributed by atoms with E-state index in [9.17, 15) is 23.5 Å². The second-order valence-electron chi connectivity index (χ2n) is 6.40. The summed E-state index contributed by atoms with van der Waals surface area (Å²) in [4.78, 5) is 29.1. The average molecular weight is 429 g/mol. The van der Waals surface area contributed by atoms with Gasteiger partial charge in [0.25, 0.3) is 0 Å². The summed E-state index contributed by atoms with van der Waals surface area (Å²) in [5.41, 5.74) is 0.561. The smallest absolute Gasteiger partial charge is 0.337 e. The highest BCUT2D eigenvalue weighted by atomic mass is 32.1. The fourth-order valence-corrected chi connectivity index (χ4v) is 4.97. The number of hydrogen-bond acceptors (Lipinski definition) is 5. The van der Waals surface area contributed by atoms with E-state index < -0.39 is 17.6 Å². The lowest BCUT2D eigenvalue weighted by atomic mass is 9.99. The first-order valence-electron chi connectivity index (χ1n) is 8.54. The Morgan fingerprint density at radius 3 is 2.55 bits per heavy atom. The third-order valence-electron chi connectivity index (χ3n) is 4.50. The van der Waals surface area contributed by atoms with Gasteiger partial charge in [0, 0.05) is 22.4 Å². The number of rotatable bonds is 5. The molecular formula is C21H13F2NO3S2. The molecule has 0 saturated heterocycles. The zero-order chi connectivity index (χ0) is 20.7. The molecule has 2 aromatic carbocycles. The number of thiophene rings is 1. The largest absolute Gasteiger partial charge is 0.478 e. The van der Waals surface area contributed by atoms with Crippen molar-refractivity contribution in [1.82, 2.24) is 4.98 Å². The maximum absolute atomic E-state index is 14.4. The van der Waals surface area contributed by atoms with Gasteiger partial charge in [-0.3, -0.25) is 4.79 Å². The lowest BCUT2D eigenvalue weighted by molar-refractivity contribution is 0.0697. The molecule has 0 aliphatic rings. The van der Waals surface area contributed by atoms with Gasteiger partial charge in [0.2, 0.25) is 0 Å². The van der Waals surface area contributed by atoms with Gasteiger partial charge in [-0.1, -0.05) is 24.3 Å². The Morgan fingerprint density at radius 1 is 1.07 bits per heavy atom. The number of nitrogens with zero attached hydrogens (tertiary/aromatic N) is 1. The maximum atomic E-state index is 14.4. The molecule has 146 valence electrons. The summed E-state index contributed by atoms with van der Waals surface area (Å²) < 4.78 is 29.2. The van der Waals surface area contributed by atoms with Gasteiger partial charge in [-0.2, -0.15) is 0 Å². The number of para-hydroxylation sites is 1. The first kappa shape index (κ1) is 19.4. The van der Waals surface area contributed by atoms with Crippen LogP contribution in [0.15, 0.2) is 41.8 Å². The second-order valence-corrected chi connectivity index (χ2v) is 8.39. The van der Waals surface area contributed by atoms with Crippen molar-refractivity contribution in [3.63, 3.8) is 0 Å². The predicted molar refractivity (Wildman–Crippen MR) is 109 cm³/mol. The van der Waals surface area contributed by atoms with Crippen LogP contribution in [0.25, 0.3) is 21.3 Å². The van der Waals surface area contributed by atoms with Crippen LogP contribution >= 0.6 is 22.7 Å². The quantitative estimate of drug-likeness (QED) is 0.411. The maximum Gasteiger partial charge on any atom is 0.337 e. The minimum absolute atomic E-state index is 0.0611. The molecule has 4 aromatic rings. The molecule has 0 saturated carbocycles. The topological polar surface area (TPSA) is 67.3 Å². The fourth-order valence-electron chi connectivity index (χ4n) is 3.03. The molecule has 0 aliphatic carbocycles. The zero-order valence-electron chi connectivity index (χ0n) is 15.0. The van der Waals surface area contributed by atoms with E-state index in [-0.39, 0.29) is 44.3 Å². The van der Waals surface area contributed by atoms with E-state index >= 15 is 0 Å². The van der Waals surface area contributed by atoms with Gasteiger partial charge in [0.15, 0.2) is 22.4 Å². The number of thiazole rings is 1. The molecule has 4 nitrogen and oxygen atoms in total. The van der Waals surface area contributed by atoms with Crippen LogP contribution in [0, 0.1) is 18.6 Å². The number of hydrogen-bond donors (Lipinski definition) is 1. The first-order valence-corrected chi connectivity index (χ1v) is 10.2. The number of aromatic carboxylic acids is 1. The molecule has 2 aromatic heterocycles. The molecule has 0 unspecified atom stereocenters. The van der Waals surface area contributed by atoms with Gasteiger partial charge in [-0.25, -0.2) is 18.6 Å². The third kappa shape index (κ3) is 3.45. The molecule has 0 bridgehead atoms. The number of ketones is 1.